The SMILES string of the molecule is COc1cccc2c1[nH]c(=S)n2CC1CCCC1. The van der Waals surface area contributed by atoms with Crippen LogP contribution in [0.4, 0.5) is 0 Å². The third-order valence-electron chi connectivity index (χ3n) is 3.91. The molecule has 0 saturated heterocycles. The summed E-state index contributed by atoms with van der Waals surface area (Å²) in [6.45, 7) is 1.03. The van der Waals surface area contributed by atoms with E-state index in [2.05, 4.69) is 15.6 Å². The van der Waals surface area contributed by atoms with Crippen LogP contribution < -0.4 is 4.74 Å². The molecule has 0 aliphatic heterocycles. The largest absolute Gasteiger partial charge is 0.494 e. The molecule has 1 aliphatic rings. The number of methoxy groups -OCH3 is 1. The van der Waals surface area contributed by atoms with E-state index >= 15 is 0 Å². The fraction of sp³-hybridized carbons (Fsp3) is 0.500. The molecule has 0 atom stereocenters. The average molecular weight is 262 g/mol. The van der Waals surface area contributed by atoms with Gasteiger partial charge in [-0.2, -0.15) is 0 Å². The third-order valence-corrected chi connectivity index (χ3v) is 4.23. The summed E-state index contributed by atoms with van der Waals surface area (Å²) in [5.74, 6) is 1.64. The van der Waals surface area contributed by atoms with Crippen molar-refractivity contribution >= 4 is 23.3 Å². The number of H-pyrrole nitrogens is 1. The number of aromatic nitrogens is 2. The van der Waals surface area contributed by atoms with Crippen molar-refractivity contribution in [2.24, 2.45) is 5.92 Å². The lowest BCUT2D eigenvalue weighted by molar-refractivity contribution is 0.419. The molecule has 0 unspecified atom stereocenters. The van der Waals surface area contributed by atoms with Gasteiger partial charge in [-0.15, -0.1) is 0 Å². The van der Waals surface area contributed by atoms with E-state index in [1.807, 2.05) is 12.1 Å². The van der Waals surface area contributed by atoms with Crippen LogP contribution >= 0.6 is 12.2 Å². The van der Waals surface area contributed by atoms with E-state index in [1.54, 1.807) is 7.11 Å². The van der Waals surface area contributed by atoms with Crippen LogP contribution in [0.15, 0.2) is 18.2 Å². The van der Waals surface area contributed by atoms with Crippen molar-refractivity contribution in [2.75, 3.05) is 7.11 Å². The summed E-state index contributed by atoms with van der Waals surface area (Å²) in [6.07, 6.45) is 5.39. The Morgan fingerprint density at radius 2 is 2.17 bits per heavy atom. The van der Waals surface area contributed by atoms with Crippen molar-refractivity contribution in [1.82, 2.24) is 9.55 Å². The Hall–Kier alpha value is -1.29. The summed E-state index contributed by atoms with van der Waals surface area (Å²) < 4.78 is 8.41. The number of rotatable bonds is 3. The Bertz CT molecular complexity index is 608. The molecule has 1 aliphatic carbocycles. The molecule has 1 N–H and O–H groups in total. The molecule has 1 fully saturated rings. The first-order valence-corrected chi connectivity index (χ1v) is 6.96. The van der Waals surface area contributed by atoms with Gasteiger partial charge in [0.25, 0.3) is 0 Å². The molecule has 2 aromatic rings. The number of benzene rings is 1. The van der Waals surface area contributed by atoms with Crippen LogP contribution in [0, 0.1) is 10.7 Å². The van der Waals surface area contributed by atoms with Crippen molar-refractivity contribution in [3.05, 3.63) is 23.0 Å². The number of aromatic amines is 1. The van der Waals surface area contributed by atoms with E-state index in [-0.39, 0.29) is 0 Å². The number of para-hydroxylation sites is 1. The van der Waals surface area contributed by atoms with E-state index < -0.39 is 0 Å². The second-order valence-corrected chi connectivity index (χ2v) is 5.43. The molecule has 0 amide bonds. The molecule has 0 spiro atoms. The number of imidazole rings is 1. The first kappa shape index (κ1) is 11.8. The second kappa shape index (κ2) is 4.76. The summed E-state index contributed by atoms with van der Waals surface area (Å²) in [4.78, 5) is 3.27. The van der Waals surface area contributed by atoms with Gasteiger partial charge in [0, 0.05) is 6.54 Å². The standard InChI is InChI=1S/C14H18N2OS/c1-17-12-8-4-7-11-13(12)15-14(18)16(11)9-10-5-2-3-6-10/h4,7-8,10H,2-3,5-6,9H2,1H3,(H,15,18). The lowest BCUT2D eigenvalue weighted by atomic mass is 10.1. The fourth-order valence-electron chi connectivity index (χ4n) is 2.96. The number of nitrogens with one attached hydrogen (secondary N) is 1. The lowest BCUT2D eigenvalue weighted by Gasteiger charge is -2.11. The van der Waals surface area contributed by atoms with Gasteiger partial charge < -0.3 is 14.3 Å². The van der Waals surface area contributed by atoms with Gasteiger partial charge in [0.05, 0.1) is 12.6 Å². The Balaban J connectivity index is 2.05. The monoisotopic (exact) mass is 262 g/mol. The number of hydrogen-bond donors (Lipinski definition) is 1. The maximum atomic E-state index is 5.45. The van der Waals surface area contributed by atoms with Crippen LogP contribution in [-0.4, -0.2) is 16.7 Å². The Morgan fingerprint density at radius 1 is 1.39 bits per heavy atom. The maximum absolute atomic E-state index is 5.45. The molecule has 96 valence electrons. The fourth-order valence-corrected chi connectivity index (χ4v) is 3.23. The predicted octanol–water partition coefficient (Wildman–Crippen LogP) is 3.90. The highest BCUT2D eigenvalue weighted by atomic mass is 32.1. The molecule has 3 rings (SSSR count). The quantitative estimate of drug-likeness (QED) is 0.850. The van der Waals surface area contributed by atoms with E-state index in [4.69, 9.17) is 17.0 Å². The first-order valence-electron chi connectivity index (χ1n) is 6.55. The Labute approximate surface area is 112 Å². The second-order valence-electron chi connectivity index (χ2n) is 5.05. The van der Waals surface area contributed by atoms with Crippen LogP contribution in [0.1, 0.15) is 25.7 Å². The maximum Gasteiger partial charge on any atom is 0.178 e. The van der Waals surface area contributed by atoms with Crippen molar-refractivity contribution in [3.63, 3.8) is 0 Å². The smallest absolute Gasteiger partial charge is 0.178 e. The molecule has 1 saturated carbocycles. The van der Waals surface area contributed by atoms with Crippen molar-refractivity contribution < 1.29 is 4.74 Å². The van der Waals surface area contributed by atoms with E-state index in [0.717, 1.165) is 34.0 Å². The minimum absolute atomic E-state index is 0.780. The number of hydrogen-bond acceptors (Lipinski definition) is 2. The summed E-state index contributed by atoms with van der Waals surface area (Å²) in [5, 5.41) is 0. The molecule has 1 aromatic carbocycles. The number of fused-ring (bicyclic) bond motifs is 1. The molecule has 1 heterocycles. The molecular formula is C14H18N2OS. The highest BCUT2D eigenvalue weighted by Gasteiger charge is 2.17. The van der Waals surface area contributed by atoms with Gasteiger partial charge in [0.1, 0.15) is 11.3 Å². The van der Waals surface area contributed by atoms with Crippen LogP contribution in [0.3, 0.4) is 0 Å². The molecule has 0 bridgehead atoms. The van der Waals surface area contributed by atoms with Crippen LogP contribution in [-0.2, 0) is 6.54 Å². The minimum atomic E-state index is 0.780. The van der Waals surface area contributed by atoms with Crippen molar-refractivity contribution in [3.8, 4) is 5.75 Å². The zero-order valence-electron chi connectivity index (χ0n) is 10.6. The number of ether oxygens (including phenoxy) is 1. The minimum Gasteiger partial charge on any atom is -0.494 e. The molecular weight excluding hydrogens is 244 g/mol. The van der Waals surface area contributed by atoms with Crippen LogP contribution in [0.5, 0.6) is 5.75 Å². The Kier molecular flexibility index (Phi) is 3.12. The summed E-state index contributed by atoms with van der Waals surface area (Å²) >= 11 is 5.45. The molecule has 18 heavy (non-hydrogen) atoms. The van der Waals surface area contributed by atoms with Gasteiger partial charge in [-0.3, -0.25) is 0 Å². The number of nitrogens with zero attached hydrogens (tertiary/aromatic N) is 1. The highest BCUT2D eigenvalue weighted by Crippen LogP contribution is 2.29. The van der Waals surface area contributed by atoms with Gasteiger partial charge in [-0.1, -0.05) is 18.9 Å². The van der Waals surface area contributed by atoms with Gasteiger partial charge in [0.2, 0.25) is 0 Å². The van der Waals surface area contributed by atoms with E-state index in [9.17, 15) is 0 Å². The van der Waals surface area contributed by atoms with Crippen LogP contribution in [0.25, 0.3) is 11.0 Å². The Morgan fingerprint density at radius 3 is 2.89 bits per heavy atom. The molecule has 4 heteroatoms. The van der Waals surface area contributed by atoms with Crippen molar-refractivity contribution in [1.29, 1.82) is 0 Å². The van der Waals surface area contributed by atoms with E-state index in [0.29, 0.717) is 0 Å². The van der Waals surface area contributed by atoms with Crippen LogP contribution in [0.2, 0.25) is 0 Å². The normalized spacial score (nSPS) is 16.5. The lowest BCUT2D eigenvalue weighted by Crippen LogP contribution is -2.07. The summed E-state index contributed by atoms with van der Waals surface area (Å²) in [6, 6.07) is 6.10. The molecule has 0 radical (unpaired) electrons. The first-order chi connectivity index (χ1) is 8.79. The summed E-state index contributed by atoms with van der Waals surface area (Å²) in [5.41, 5.74) is 2.18. The van der Waals surface area contributed by atoms with Gasteiger partial charge in [-0.25, -0.2) is 0 Å². The average Bonchev–Trinajstić information content (AvgIpc) is 2.99. The predicted molar refractivity (Wildman–Crippen MR) is 75.6 cm³/mol. The molecule has 1 aromatic heterocycles. The topological polar surface area (TPSA) is 29.9 Å². The van der Waals surface area contributed by atoms with Gasteiger partial charge in [0.15, 0.2) is 4.77 Å². The van der Waals surface area contributed by atoms with Gasteiger partial charge >= 0.3 is 0 Å². The zero-order valence-corrected chi connectivity index (χ0v) is 11.4. The van der Waals surface area contributed by atoms with Gasteiger partial charge in [-0.05, 0) is 43.1 Å². The molecule has 3 nitrogen and oxygen atoms in total. The summed E-state index contributed by atoms with van der Waals surface area (Å²) in [7, 11) is 1.69. The third kappa shape index (κ3) is 1.94. The van der Waals surface area contributed by atoms with E-state index in [1.165, 1.54) is 25.7 Å². The zero-order chi connectivity index (χ0) is 12.5. The van der Waals surface area contributed by atoms with Crippen molar-refractivity contribution in [2.45, 2.75) is 32.2 Å². The highest BCUT2D eigenvalue weighted by molar-refractivity contribution is 7.71.